The molecule has 1 saturated heterocycles. The first kappa shape index (κ1) is 4.10. The molecule has 0 amide bonds. The maximum absolute atomic E-state index is 1.90. The van der Waals surface area contributed by atoms with Crippen molar-refractivity contribution in [1.29, 1.82) is 0 Å². The zero-order chi connectivity index (χ0) is 3.54. The Morgan fingerprint density at radius 1 is 1.00 bits per heavy atom. The summed E-state index contributed by atoms with van der Waals surface area (Å²) in [6, 6.07) is 0. The SMILES string of the molecule is B1[SiH2][SiH2][SiH2][SiH2]1. The van der Waals surface area contributed by atoms with Crippen molar-refractivity contribution in [3.05, 3.63) is 0 Å². The minimum Gasteiger partial charge on any atom is -0.0270 e. The summed E-state index contributed by atoms with van der Waals surface area (Å²) in [5.74, 6) is 0. The summed E-state index contributed by atoms with van der Waals surface area (Å²) < 4.78 is 0. The molecule has 1 rings (SSSR count). The van der Waals surface area contributed by atoms with Crippen molar-refractivity contribution in [2.45, 2.75) is 0 Å². The minimum atomic E-state index is 0.806. The van der Waals surface area contributed by atoms with Gasteiger partial charge in [-0.15, -0.1) is 0 Å². The van der Waals surface area contributed by atoms with E-state index in [0.717, 1.165) is 34.9 Å². The molecular weight excluding hydrogens is 123 g/mol. The van der Waals surface area contributed by atoms with E-state index in [9.17, 15) is 0 Å². The fourth-order valence-electron chi connectivity index (χ4n) is 0.884. The first-order valence-corrected chi connectivity index (χ1v) is 16.5. The molecule has 1 aliphatic rings. The van der Waals surface area contributed by atoms with Crippen LogP contribution in [0.4, 0.5) is 0 Å². The van der Waals surface area contributed by atoms with Gasteiger partial charge in [0.05, 0.1) is 6.46 Å². The molecule has 0 radical (unpaired) electrons. The molecule has 0 aliphatic carbocycles. The summed E-state index contributed by atoms with van der Waals surface area (Å²) >= 11 is 0. The third kappa shape index (κ3) is 1.21. The smallest absolute Gasteiger partial charge is 0.0270 e. The summed E-state index contributed by atoms with van der Waals surface area (Å²) in [6.07, 6.45) is 0. The Balaban J connectivity index is 2.08. The van der Waals surface area contributed by atoms with Gasteiger partial charge >= 0.3 is 0 Å². The lowest BCUT2D eigenvalue weighted by molar-refractivity contribution is 4.14. The predicted molar refractivity (Wildman–Crippen MR) is 41.3 cm³/mol. The van der Waals surface area contributed by atoms with Crippen LogP contribution in [-0.2, 0) is 0 Å². The highest BCUT2D eigenvalue weighted by Crippen LogP contribution is 1.62. The van der Waals surface area contributed by atoms with Gasteiger partial charge in [-0.05, 0) is 34.9 Å². The van der Waals surface area contributed by atoms with E-state index in [2.05, 4.69) is 0 Å². The van der Waals surface area contributed by atoms with Crippen LogP contribution in [-0.4, -0.2) is 41.4 Å². The van der Waals surface area contributed by atoms with Gasteiger partial charge in [0.25, 0.3) is 0 Å². The van der Waals surface area contributed by atoms with Gasteiger partial charge in [0.1, 0.15) is 0 Å². The van der Waals surface area contributed by atoms with Crippen LogP contribution in [0.1, 0.15) is 0 Å². The Hall–Kier alpha value is 0.932. The van der Waals surface area contributed by atoms with Crippen molar-refractivity contribution in [1.82, 2.24) is 0 Å². The lowest BCUT2D eigenvalue weighted by Gasteiger charge is -1.63. The Morgan fingerprint density at radius 2 is 1.60 bits per heavy atom. The van der Waals surface area contributed by atoms with Crippen molar-refractivity contribution in [2.24, 2.45) is 0 Å². The van der Waals surface area contributed by atoms with E-state index in [0.29, 0.717) is 0 Å². The summed E-state index contributed by atoms with van der Waals surface area (Å²) in [4.78, 5) is 0. The summed E-state index contributed by atoms with van der Waals surface area (Å²) in [5.41, 5.74) is 0. The van der Waals surface area contributed by atoms with Crippen molar-refractivity contribution in [2.75, 3.05) is 0 Å². The second kappa shape index (κ2) is 2.17. The first-order valence-electron chi connectivity index (χ1n) is 2.50. The monoisotopic (exact) mass is 132 g/mol. The van der Waals surface area contributed by atoms with Gasteiger partial charge in [-0.25, -0.2) is 0 Å². The summed E-state index contributed by atoms with van der Waals surface area (Å²) in [7, 11) is 3.38. The van der Waals surface area contributed by atoms with Gasteiger partial charge in [-0.3, -0.25) is 0 Å². The van der Waals surface area contributed by atoms with E-state index in [1.54, 1.807) is 0 Å². The molecule has 5 heteroatoms. The van der Waals surface area contributed by atoms with Crippen LogP contribution in [0.5, 0.6) is 0 Å². The predicted octanol–water partition coefficient (Wildman–Crippen LogP) is -4.31. The maximum atomic E-state index is 1.90. The third-order valence-electron chi connectivity index (χ3n) is 1.25. The van der Waals surface area contributed by atoms with E-state index in [1.165, 1.54) is 0 Å². The second-order valence-electron chi connectivity index (χ2n) is 1.77. The third-order valence-corrected chi connectivity index (χ3v) is 47.2. The van der Waals surface area contributed by atoms with Gasteiger partial charge in [0, 0.05) is 0 Å². The van der Waals surface area contributed by atoms with Crippen molar-refractivity contribution >= 4 is 41.4 Å². The fourth-order valence-corrected chi connectivity index (χ4v) is 71.6. The van der Waals surface area contributed by atoms with Gasteiger partial charge in [-0.2, -0.15) is 0 Å². The Kier molecular flexibility index (Phi) is 1.78. The number of rotatable bonds is 0. The fraction of sp³-hybridized carbons (Fsp3) is 0. The van der Waals surface area contributed by atoms with E-state index in [1.807, 2.05) is 6.46 Å². The lowest BCUT2D eigenvalue weighted by atomic mass is 10.7. The zero-order valence-electron chi connectivity index (χ0n) is 3.54. The molecule has 28 valence electrons. The molecule has 0 aromatic heterocycles. The number of hydrogen-bond donors (Lipinski definition) is 0. The van der Waals surface area contributed by atoms with Crippen molar-refractivity contribution in [3.8, 4) is 0 Å². The van der Waals surface area contributed by atoms with Crippen molar-refractivity contribution < 1.29 is 0 Å². The molecule has 0 atom stereocenters. The van der Waals surface area contributed by atoms with Crippen LogP contribution >= 0.6 is 0 Å². The van der Waals surface area contributed by atoms with Crippen molar-refractivity contribution in [3.63, 3.8) is 0 Å². The molecule has 1 fully saturated rings. The average Bonchev–Trinajstić information content (AvgIpc) is 1.76. The van der Waals surface area contributed by atoms with Crippen LogP contribution in [0.3, 0.4) is 0 Å². The van der Waals surface area contributed by atoms with Crippen LogP contribution in [0.25, 0.3) is 0 Å². The highest BCUT2D eigenvalue weighted by atomic mass is 29.7. The average molecular weight is 132 g/mol. The Morgan fingerprint density at radius 3 is 1.80 bits per heavy atom. The van der Waals surface area contributed by atoms with E-state index in [-0.39, 0.29) is 0 Å². The molecule has 5 heavy (non-hydrogen) atoms. The van der Waals surface area contributed by atoms with Crippen LogP contribution < -0.4 is 0 Å². The number of hydrogen-bond acceptors (Lipinski definition) is 0. The molecule has 0 nitrogen and oxygen atoms in total. The molecular formula is H9BSi4. The molecule has 0 N–H and O–H groups in total. The van der Waals surface area contributed by atoms with Crippen LogP contribution in [0, 0.1) is 0 Å². The Labute approximate surface area is 41.9 Å². The second-order valence-corrected chi connectivity index (χ2v) is 28.6. The van der Waals surface area contributed by atoms with E-state index < -0.39 is 0 Å². The topological polar surface area (TPSA) is 0 Å². The minimum absolute atomic E-state index is 0.806. The van der Waals surface area contributed by atoms with E-state index in [4.69, 9.17) is 0 Å². The molecule has 0 unspecified atom stereocenters. The first-order chi connectivity index (χ1) is 2.50. The lowest BCUT2D eigenvalue weighted by Crippen LogP contribution is -2.00. The molecule has 1 aliphatic heterocycles. The highest BCUT2D eigenvalue weighted by Gasteiger charge is 2.00. The van der Waals surface area contributed by atoms with Crippen LogP contribution in [0.2, 0.25) is 0 Å². The standard InChI is InChI=1S/BH9Si4/c1-2-4-5-3-1/h1H,2-5H2. The van der Waals surface area contributed by atoms with Gasteiger partial charge in [0.2, 0.25) is 0 Å². The molecule has 0 saturated carbocycles. The summed E-state index contributed by atoms with van der Waals surface area (Å²) in [5, 5.41) is 0. The summed E-state index contributed by atoms with van der Waals surface area (Å²) in [6.45, 7) is 1.90. The quantitative estimate of drug-likeness (QED) is 0.293. The van der Waals surface area contributed by atoms with Gasteiger partial charge in [-0.1, -0.05) is 0 Å². The molecule has 0 aromatic rings. The largest absolute Gasteiger partial charge is 0.0901 e. The van der Waals surface area contributed by atoms with Gasteiger partial charge in [0.15, 0.2) is 0 Å². The maximum Gasteiger partial charge on any atom is 0.0901 e. The van der Waals surface area contributed by atoms with Gasteiger partial charge < -0.3 is 0 Å². The molecule has 0 aromatic carbocycles. The van der Waals surface area contributed by atoms with Crippen LogP contribution in [0.15, 0.2) is 0 Å². The molecule has 0 bridgehead atoms. The normalized spacial score (nSPS) is 41.6. The highest BCUT2D eigenvalue weighted by molar-refractivity contribution is 7.76. The molecule has 0 spiro atoms. The zero-order valence-corrected chi connectivity index (χ0v) is 9.19. The molecule has 1 heterocycles. The van der Waals surface area contributed by atoms with E-state index >= 15 is 0 Å². The Bertz CT molecular complexity index is 15.2.